The molecule has 1 unspecified atom stereocenters. The van der Waals surface area contributed by atoms with Crippen LogP contribution in [0.3, 0.4) is 0 Å². The summed E-state index contributed by atoms with van der Waals surface area (Å²) in [4.78, 5) is 6.73. The zero-order valence-electron chi connectivity index (χ0n) is 17.4. The fourth-order valence-corrected chi connectivity index (χ4v) is 4.30. The number of guanidine groups is 1. The van der Waals surface area contributed by atoms with Crippen LogP contribution in [0.25, 0.3) is 0 Å². The lowest BCUT2D eigenvalue weighted by Gasteiger charge is -2.20. The van der Waals surface area contributed by atoms with Crippen molar-refractivity contribution in [3.05, 3.63) is 65.2 Å². The van der Waals surface area contributed by atoms with Crippen molar-refractivity contribution in [2.24, 2.45) is 4.99 Å². The summed E-state index contributed by atoms with van der Waals surface area (Å²) in [5.41, 5.74) is 4.42. The molecule has 0 spiro atoms. The third kappa shape index (κ3) is 6.49. The number of anilines is 1. The Hall–Kier alpha value is -2.54. The van der Waals surface area contributed by atoms with E-state index in [9.17, 15) is 8.42 Å². The molecule has 0 radical (unpaired) electrons. The van der Waals surface area contributed by atoms with Crippen molar-refractivity contribution in [1.29, 1.82) is 0 Å². The molecule has 7 heteroatoms. The number of nitrogens with zero attached hydrogens (tertiary/aromatic N) is 2. The molecule has 1 fully saturated rings. The highest BCUT2D eigenvalue weighted by Gasteiger charge is 2.23. The van der Waals surface area contributed by atoms with Gasteiger partial charge in [-0.15, -0.1) is 0 Å². The molecule has 6 nitrogen and oxygen atoms in total. The minimum absolute atomic E-state index is 0.0725. The first-order valence-electron chi connectivity index (χ1n) is 9.87. The Bertz CT molecular complexity index is 938. The number of benzene rings is 2. The van der Waals surface area contributed by atoms with E-state index in [1.807, 2.05) is 24.3 Å². The molecule has 2 aromatic carbocycles. The summed E-state index contributed by atoms with van der Waals surface area (Å²) >= 11 is 0. The molecule has 1 saturated heterocycles. The summed E-state index contributed by atoms with van der Waals surface area (Å²) in [5, 5.41) is 6.85. The third-order valence-corrected chi connectivity index (χ3v) is 5.92. The maximum Gasteiger partial charge on any atom is 0.191 e. The molecule has 3 rings (SSSR count). The van der Waals surface area contributed by atoms with Gasteiger partial charge in [-0.1, -0.05) is 42.0 Å². The van der Waals surface area contributed by atoms with E-state index in [2.05, 4.69) is 51.7 Å². The largest absolute Gasteiger partial charge is 0.369 e. The first kappa shape index (κ1) is 21.2. The molecule has 156 valence electrons. The Labute approximate surface area is 174 Å². The topological polar surface area (TPSA) is 73.8 Å². The van der Waals surface area contributed by atoms with Crippen molar-refractivity contribution < 1.29 is 8.42 Å². The van der Waals surface area contributed by atoms with Crippen LogP contribution in [0.5, 0.6) is 0 Å². The van der Waals surface area contributed by atoms with Crippen molar-refractivity contribution in [3.8, 4) is 0 Å². The van der Waals surface area contributed by atoms with Crippen LogP contribution in [0.15, 0.2) is 53.5 Å². The second kappa shape index (κ2) is 9.31. The lowest BCUT2D eigenvalue weighted by atomic mass is 10.1. The lowest BCUT2D eigenvalue weighted by molar-refractivity contribution is 0.601. The van der Waals surface area contributed by atoms with Crippen LogP contribution in [0.4, 0.5) is 5.69 Å². The number of nitrogens with one attached hydrogen (secondary N) is 2. The average Bonchev–Trinajstić information content (AvgIpc) is 3.14. The van der Waals surface area contributed by atoms with Crippen LogP contribution in [0.1, 0.15) is 23.1 Å². The number of hydrogen-bond acceptors (Lipinski definition) is 4. The summed E-state index contributed by atoms with van der Waals surface area (Å²) < 4.78 is 22.8. The van der Waals surface area contributed by atoms with Gasteiger partial charge in [0.05, 0.1) is 5.75 Å². The molecule has 0 amide bonds. The number of rotatable bonds is 6. The van der Waals surface area contributed by atoms with Gasteiger partial charge in [0.25, 0.3) is 0 Å². The summed E-state index contributed by atoms with van der Waals surface area (Å²) in [6.07, 6.45) is 2.32. The molecule has 1 aliphatic rings. The normalized spacial score (nSPS) is 17.4. The van der Waals surface area contributed by atoms with Gasteiger partial charge < -0.3 is 15.5 Å². The van der Waals surface area contributed by atoms with Crippen LogP contribution in [-0.4, -0.2) is 46.8 Å². The van der Waals surface area contributed by atoms with Crippen LogP contribution < -0.4 is 15.5 Å². The van der Waals surface area contributed by atoms with Crippen molar-refractivity contribution in [3.63, 3.8) is 0 Å². The zero-order chi connectivity index (χ0) is 20.9. The Balaban J connectivity index is 1.49. The Morgan fingerprint density at radius 2 is 1.76 bits per heavy atom. The van der Waals surface area contributed by atoms with Gasteiger partial charge in [0.2, 0.25) is 0 Å². The highest BCUT2D eigenvalue weighted by Crippen LogP contribution is 2.20. The maximum atomic E-state index is 11.4. The first-order valence-corrected chi connectivity index (χ1v) is 11.9. The minimum Gasteiger partial charge on any atom is -0.369 e. The summed E-state index contributed by atoms with van der Waals surface area (Å²) in [7, 11) is -1.23. The Morgan fingerprint density at radius 3 is 2.38 bits per heavy atom. The van der Waals surface area contributed by atoms with E-state index in [1.165, 1.54) is 17.5 Å². The summed E-state index contributed by atoms with van der Waals surface area (Å²) in [6, 6.07) is 16.6. The molecule has 29 heavy (non-hydrogen) atoms. The molecule has 0 aromatic heterocycles. The zero-order valence-corrected chi connectivity index (χ0v) is 18.2. The predicted molar refractivity (Wildman–Crippen MR) is 120 cm³/mol. The molecular weight excluding hydrogens is 384 g/mol. The van der Waals surface area contributed by atoms with E-state index in [4.69, 9.17) is 0 Å². The van der Waals surface area contributed by atoms with Gasteiger partial charge in [0, 0.05) is 44.7 Å². The minimum atomic E-state index is -3.01. The molecule has 1 aliphatic heterocycles. The first-order chi connectivity index (χ1) is 13.8. The van der Waals surface area contributed by atoms with Gasteiger partial charge in [-0.2, -0.15) is 0 Å². The number of aliphatic imine (C=N–C) groups is 1. The van der Waals surface area contributed by atoms with Gasteiger partial charge in [0.15, 0.2) is 15.8 Å². The smallest absolute Gasteiger partial charge is 0.191 e. The van der Waals surface area contributed by atoms with E-state index < -0.39 is 9.84 Å². The van der Waals surface area contributed by atoms with Gasteiger partial charge in [0.1, 0.15) is 0 Å². The highest BCUT2D eigenvalue weighted by molar-refractivity contribution is 7.89. The van der Waals surface area contributed by atoms with Gasteiger partial charge in [-0.25, -0.2) is 8.42 Å². The maximum absolute atomic E-state index is 11.4. The van der Waals surface area contributed by atoms with E-state index >= 15 is 0 Å². The standard InChI is InChI=1S/C22H30N4O2S/c1-17-4-10-21(11-5-17)26-13-12-20(15-26)25-22(23-2)24-14-18-6-8-19(9-7-18)16-29(3,27)28/h4-11,20H,12-16H2,1-3H3,(H2,23,24,25). The fraction of sp³-hybridized carbons (Fsp3) is 0.409. The van der Waals surface area contributed by atoms with Crippen molar-refractivity contribution >= 4 is 21.5 Å². The van der Waals surface area contributed by atoms with E-state index in [0.29, 0.717) is 12.6 Å². The molecule has 1 heterocycles. The van der Waals surface area contributed by atoms with Crippen molar-refractivity contribution in [2.45, 2.75) is 31.7 Å². The summed E-state index contributed by atoms with van der Waals surface area (Å²) in [6.45, 7) is 4.71. The van der Waals surface area contributed by atoms with Crippen molar-refractivity contribution in [2.75, 3.05) is 31.3 Å². The van der Waals surface area contributed by atoms with Gasteiger partial charge >= 0.3 is 0 Å². The monoisotopic (exact) mass is 414 g/mol. The number of hydrogen-bond donors (Lipinski definition) is 2. The van der Waals surface area contributed by atoms with Gasteiger partial charge in [-0.05, 0) is 36.6 Å². The third-order valence-electron chi connectivity index (χ3n) is 5.06. The lowest BCUT2D eigenvalue weighted by Crippen LogP contribution is -2.44. The van der Waals surface area contributed by atoms with Crippen LogP contribution in [0.2, 0.25) is 0 Å². The fourth-order valence-electron chi connectivity index (χ4n) is 3.50. The molecule has 2 N–H and O–H groups in total. The van der Waals surface area contributed by atoms with Crippen molar-refractivity contribution in [1.82, 2.24) is 10.6 Å². The highest BCUT2D eigenvalue weighted by atomic mass is 32.2. The number of sulfone groups is 1. The second-order valence-corrected chi connectivity index (χ2v) is 9.86. The predicted octanol–water partition coefficient (Wildman–Crippen LogP) is 2.48. The van der Waals surface area contributed by atoms with Crippen LogP contribution in [-0.2, 0) is 22.1 Å². The molecule has 0 aliphatic carbocycles. The molecular formula is C22H30N4O2S. The van der Waals surface area contributed by atoms with Crippen LogP contribution in [0, 0.1) is 6.92 Å². The summed E-state index contributed by atoms with van der Waals surface area (Å²) in [5.74, 6) is 0.851. The Morgan fingerprint density at radius 1 is 1.10 bits per heavy atom. The van der Waals surface area contributed by atoms with Gasteiger partial charge in [-0.3, -0.25) is 4.99 Å². The Kier molecular flexibility index (Phi) is 6.79. The number of aryl methyl sites for hydroxylation is 1. The molecule has 0 saturated carbocycles. The van der Waals surface area contributed by atoms with E-state index in [0.717, 1.165) is 36.6 Å². The average molecular weight is 415 g/mol. The van der Waals surface area contributed by atoms with E-state index in [1.54, 1.807) is 7.05 Å². The van der Waals surface area contributed by atoms with E-state index in [-0.39, 0.29) is 5.75 Å². The second-order valence-electron chi connectivity index (χ2n) is 7.72. The molecule has 1 atom stereocenters. The molecule has 0 bridgehead atoms. The van der Waals surface area contributed by atoms with Crippen LogP contribution >= 0.6 is 0 Å². The molecule has 2 aromatic rings. The SMILES string of the molecule is CN=C(NCc1ccc(CS(C)(=O)=O)cc1)NC1CCN(c2ccc(C)cc2)C1. The quantitative estimate of drug-likeness (QED) is 0.561.